The number of nitrogens with one attached hydrogen (secondary N) is 1. The number of hydrogen-bond acceptors (Lipinski definition) is 2. The number of carbonyl (C=O) groups is 2. The molecule has 1 aliphatic rings. The Hall–Kier alpha value is -1.26. The van der Waals surface area contributed by atoms with Crippen molar-refractivity contribution in [3.8, 4) is 0 Å². The molecule has 18 heavy (non-hydrogen) atoms. The van der Waals surface area contributed by atoms with Crippen LogP contribution in [0.15, 0.2) is 0 Å². The van der Waals surface area contributed by atoms with E-state index in [9.17, 15) is 9.59 Å². The highest BCUT2D eigenvalue weighted by Crippen LogP contribution is 2.16. The lowest BCUT2D eigenvalue weighted by Crippen LogP contribution is -2.52. The fraction of sp³-hybridized carbons (Fsp3) is 0.846. The van der Waals surface area contributed by atoms with E-state index in [1.807, 2.05) is 20.8 Å². The molecule has 0 aromatic carbocycles. The van der Waals surface area contributed by atoms with Crippen LogP contribution in [-0.4, -0.2) is 40.6 Å². The highest BCUT2D eigenvalue weighted by molar-refractivity contribution is 5.82. The Morgan fingerprint density at radius 1 is 1.39 bits per heavy atom. The first kappa shape index (κ1) is 14.8. The van der Waals surface area contributed by atoms with Gasteiger partial charge in [-0.05, 0) is 38.5 Å². The number of urea groups is 1. The zero-order chi connectivity index (χ0) is 13.7. The zero-order valence-corrected chi connectivity index (χ0v) is 11.5. The molecule has 0 bridgehead atoms. The molecular formula is C13H24N2O3. The highest BCUT2D eigenvalue weighted by Gasteiger charge is 2.27. The van der Waals surface area contributed by atoms with Crippen molar-refractivity contribution in [3.05, 3.63) is 0 Å². The van der Waals surface area contributed by atoms with Gasteiger partial charge in [-0.1, -0.05) is 13.8 Å². The maximum Gasteiger partial charge on any atom is 0.326 e. The number of carboxylic acid groups (broad SMARTS) is 1. The number of amides is 2. The van der Waals surface area contributed by atoms with Gasteiger partial charge in [0.1, 0.15) is 6.04 Å². The number of piperidine rings is 1. The van der Waals surface area contributed by atoms with Crippen molar-refractivity contribution in [1.29, 1.82) is 0 Å². The molecule has 1 aliphatic heterocycles. The first-order valence-electron chi connectivity index (χ1n) is 6.71. The molecule has 0 spiro atoms. The van der Waals surface area contributed by atoms with E-state index in [1.54, 1.807) is 4.90 Å². The molecule has 104 valence electrons. The summed E-state index contributed by atoms with van der Waals surface area (Å²) in [5.41, 5.74) is 0. The van der Waals surface area contributed by atoms with Gasteiger partial charge in [-0.15, -0.1) is 0 Å². The third-order valence-corrected chi connectivity index (χ3v) is 3.37. The van der Waals surface area contributed by atoms with Crippen molar-refractivity contribution < 1.29 is 14.7 Å². The van der Waals surface area contributed by atoms with Gasteiger partial charge >= 0.3 is 12.0 Å². The largest absolute Gasteiger partial charge is 0.480 e. The second-order valence-electron chi connectivity index (χ2n) is 5.51. The van der Waals surface area contributed by atoms with Crippen LogP contribution in [0, 0.1) is 5.92 Å². The van der Waals surface area contributed by atoms with E-state index in [-0.39, 0.29) is 18.0 Å². The molecule has 0 aromatic rings. The Bertz CT molecular complexity index is 305. The van der Waals surface area contributed by atoms with Gasteiger partial charge in [-0.3, -0.25) is 0 Å². The third kappa shape index (κ3) is 4.20. The summed E-state index contributed by atoms with van der Waals surface area (Å²) in [6, 6.07) is -0.825. The monoisotopic (exact) mass is 256 g/mol. The van der Waals surface area contributed by atoms with Crippen molar-refractivity contribution in [1.82, 2.24) is 10.2 Å². The molecule has 0 radical (unpaired) electrons. The predicted octanol–water partition coefficient (Wildman–Crippen LogP) is 2.07. The summed E-state index contributed by atoms with van der Waals surface area (Å²) in [6.07, 6.45) is 3.59. The lowest BCUT2D eigenvalue weighted by atomic mass is 10.0. The lowest BCUT2D eigenvalue weighted by Gasteiger charge is -2.34. The van der Waals surface area contributed by atoms with Crippen molar-refractivity contribution in [2.75, 3.05) is 6.54 Å². The van der Waals surface area contributed by atoms with Gasteiger partial charge in [-0.2, -0.15) is 0 Å². The highest BCUT2D eigenvalue weighted by atomic mass is 16.4. The summed E-state index contributed by atoms with van der Waals surface area (Å²) >= 11 is 0. The number of carbonyl (C=O) groups excluding carboxylic acids is 1. The molecule has 0 aromatic heterocycles. The van der Waals surface area contributed by atoms with Crippen LogP contribution in [0.5, 0.6) is 0 Å². The van der Waals surface area contributed by atoms with Crippen LogP contribution in [0.2, 0.25) is 0 Å². The molecule has 5 heteroatoms. The minimum Gasteiger partial charge on any atom is -0.480 e. The Morgan fingerprint density at radius 3 is 2.56 bits per heavy atom. The van der Waals surface area contributed by atoms with Crippen LogP contribution in [0.25, 0.3) is 0 Å². The smallest absolute Gasteiger partial charge is 0.326 e. The average Bonchev–Trinajstić information content (AvgIpc) is 2.27. The number of nitrogens with zero attached hydrogens (tertiary/aromatic N) is 1. The van der Waals surface area contributed by atoms with Crippen molar-refractivity contribution in [2.24, 2.45) is 5.92 Å². The molecule has 2 atom stereocenters. The number of carboxylic acids is 1. The standard InChI is InChI=1S/C13H24N2O3/c1-9(2)8-11(12(16)17)14-13(18)15-7-5-4-6-10(15)3/h9-11H,4-8H2,1-3H3,(H,14,18)(H,16,17)/t10?,11-/m0/s1. The topological polar surface area (TPSA) is 69.6 Å². The van der Waals surface area contributed by atoms with Crippen LogP contribution in [0.1, 0.15) is 46.5 Å². The van der Waals surface area contributed by atoms with Gasteiger partial charge in [0.15, 0.2) is 0 Å². The molecule has 1 saturated heterocycles. The summed E-state index contributed by atoms with van der Waals surface area (Å²) in [6.45, 7) is 6.63. The van der Waals surface area contributed by atoms with Gasteiger partial charge in [-0.25, -0.2) is 9.59 Å². The second-order valence-corrected chi connectivity index (χ2v) is 5.51. The summed E-state index contributed by atoms with van der Waals surface area (Å²) < 4.78 is 0. The quantitative estimate of drug-likeness (QED) is 0.809. The first-order valence-corrected chi connectivity index (χ1v) is 6.71. The average molecular weight is 256 g/mol. The number of rotatable bonds is 4. The van der Waals surface area contributed by atoms with E-state index in [0.29, 0.717) is 6.42 Å². The van der Waals surface area contributed by atoms with Crippen LogP contribution in [-0.2, 0) is 4.79 Å². The maximum atomic E-state index is 12.1. The van der Waals surface area contributed by atoms with E-state index in [1.165, 1.54) is 0 Å². The Labute approximate surface area is 109 Å². The van der Waals surface area contributed by atoms with E-state index in [4.69, 9.17) is 5.11 Å². The van der Waals surface area contributed by atoms with E-state index < -0.39 is 12.0 Å². The molecular weight excluding hydrogens is 232 g/mol. The Kier molecular flexibility index (Phi) is 5.44. The van der Waals surface area contributed by atoms with Gasteiger partial charge in [0, 0.05) is 12.6 Å². The molecule has 5 nitrogen and oxygen atoms in total. The normalized spacial score (nSPS) is 21.8. The van der Waals surface area contributed by atoms with Crippen LogP contribution in [0.4, 0.5) is 4.79 Å². The molecule has 1 unspecified atom stereocenters. The van der Waals surface area contributed by atoms with Crippen LogP contribution < -0.4 is 5.32 Å². The van der Waals surface area contributed by atoms with Crippen LogP contribution in [0.3, 0.4) is 0 Å². The summed E-state index contributed by atoms with van der Waals surface area (Å²) in [5.74, 6) is -0.716. The minimum absolute atomic E-state index is 0.201. The van der Waals surface area contributed by atoms with E-state index in [0.717, 1.165) is 25.8 Å². The van der Waals surface area contributed by atoms with Gasteiger partial charge in [0.2, 0.25) is 0 Å². The van der Waals surface area contributed by atoms with Gasteiger partial charge in [0.05, 0.1) is 0 Å². The molecule has 2 amide bonds. The van der Waals surface area contributed by atoms with Crippen LogP contribution >= 0.6 is 0 Å². The lowest BCUT2D eigenvalue weighted by molar-refractivity contribution is -0.139. The SMILES string of the molecule is CC(C)C[C@H](NC(=O)N1CCCCC1C)C(=O)O. The van der Waals surface area contributed by atoms with Gasteiger partial charge < -0.3 is 15.3 Å². The van der Waals surface area contributed by atoms with Crippen molar-refractivity contribution in [2.45, 2.75) is 58.5 Å². The number of likely N-dealkylation sites (tertiary alicyclic amines) is 1. The first-order chi connectivity index (χ1) is 8.41. The van der Waals surface area contributed by atoms with Crippen molar-refractivity contribution >= 4 is 12.0 Å². The predicted molar refractivity (Wildman–Crippen MR) is 69.4 cm³/mol. The summed E-state index contributed by atoms with van der Waals surface area (Å²) in [4.78, 5) is 24.9. The number of aliphatic carboxylic acids is 1. The van der Waals surface area contributed by atoms with Crippen molar-refractivity contribution in [3.63, 3.8) is 0 Å². The minimum atomic E-state index is -0.957. The molecule has 0 aliphatic carbocycles. The van der Waals surface area contributed by atoms with Gasteiger partial charge in [0.25, 0.3) is 0 Å². The molecule has 0 saturated carbocycles. The Balaban J connectivity index is 2.57. The molecule has 1 fully saturated rings. The summed E-state index contributed by atoms with van der Waals surface area (Å²) in [7, 11) is 0. The Morgan fingerprint density at radius 2 is 2.06 bits per heavy atom. The molecule has 1 rings (SSSR count). The zero-order valence-electron chi connectivity index (χ0n) is 11.5. The number of hydrogen-bond donors (Lipinski definition) is 2. The second kappa shape index (κ2) is 6.61. The maximum absolute atomic E-state index is 12.1. The fourth-order valence-corrected chi connectivity index (χ4v) is 2.32. The van der Waals surface area contributed by atoms with E-state index in [2.05, 4.69) is 5.32 Å². The third-order valence-electron chi connectivity index (χ3n) is 3.37. The fourth-order valence-electron chi connectivity index (χ4n) is 2.32. The summed E-state index contributed by atoms with van der Waals surface area (Å²) in [5, 5.41) is 11.7. The van der Waals surface area contributed by atoms with E-state index >= 15 is 0 Å². The molecule has 2 N–H and O–H groups in total. The molecule has 1 heterocycles.